The number of carbonyl (C=O) groups excluding carboxylic acids is 1. The van der Waals surface area contributed by atoms with Gasteiger partial charge in [-0.3, -0.25) is 9.78 Å². The molecule has 4 rings (SSSR count). The van der Waals surface area contributed by atoms with Gasteiger partial charge >= 0.3 is 0 Å². The second-order valence-electron chi connectivity index (χ2n) is 6.60. The molecule has 0 spiro atoms. The number of aryl methyl sites for hydroxylation is 2. The van der Waals surface area contributed by atoms with Crippen LogP contribution in [-0.4, -0.2) is 27.5 Å². The fourth-order valence-electron chi connectivity index (χ4n) is 3.24. The molecule has 0 aliphatic rings. The van der Waals surface area contributed by atoms with Gasteiger partial charge in [0.1, 0.15) is 0 Å². The largest absolute Gasteiger partial charge is 0.369 e. The zero-order valence-electron chi connectivity index (χ0n) is 15.6. The number of carbonyl (C=O) groups is 1. The van der Waals surface area contributed by atoms with Crippen molar-refractivity contribution < 1.29 is 4.79 Å². The van der Waals surface area contributed by atoms with Gasteiger partial charge in [-0.25, -0.2) is 4.98 Å². The van der Waals surface area contributed by atoms with Gasteiger partial charge in [-0.05, 0) is 42.5 Å². The molecule has 2 aromatic carbocycles. The number of hydrogen-bond donors (Lipinski definition) is 1. The van der Waals surface area contributed by atoms with Crippen LogP contribution in [0.3, 0.4) is 0 Å². The van der Waals surface area contributed by atoms with E-state index < -0.39 is 0 Å². The predicted molar refractivity (Wildman–Crippen MR) is 111 cm³/mol. The molecule has 2 aromatic heterocycles. The Morgan fingerprint density at radius 2 is 1.86 bits per heavy atom. The molecule has 0 saturated carbocycles. The Labute approximate surface area is 163 Å². The summed E-state index contributed by atoms with van der Waals surface area (Å²) in [7, 11) is 1.76. The van der Waals surface area contributed by atoms with E-state index in [-0.39, 0.29) is 5.91 Å². The van der Waals surface area contributed by atoms with Crippen LogP contribution in [0.5, 0.6) is 0 Å². The Bertz CT molecular complexity index is 1110. The quantitative estimate of drug-likeness (QED) is 0.582. The molecule has 0 aliphatic carbocycles. The summed E-state index contributed by atoms with van der Waals surface area (Å²) in [6, 6.07) is 20.9. The monoisotopic (exact) mass is 371 g/mol. The molecular formula is C22H21N5O. The minimum atomic E-state index is -0.0671. The maximum absolute atomic E-state index is 12.7. The van der Waals surface area contributed by atoms with Crippen LogP contribution in [-0.2, 0) is 13.0 Å². The molecule has 6 nitrogen and oxygen atoms in total. The molecule has 0 saturated heterocycles. The first kappa shape index (κ1) is 17.7. The first-order valence-electron chi connectivity index (χ1n) is 9.12. The molecule has 6 heteroatoms. The molecule has 2 heterocycles. The fourth-order valence-corrected chi connectivity index (χ4v) is 3.24. The van der Waals surface area contributed by atoms with E-state index in [2.05, 4.69) is 9.97 Å². The lowest BCUT2D eigenvalue weighted by Crippen LogP contribution is -2.26. The third-order valence-electron chi connectivity index (χ3n) is 4.79. The van der Waals surface area contributed by atoms with Gasteiger partial charge in [0, 0.05) is 43.2 Å². The highest BCUT2D eigenvalue weighted by Crippen LogP contribution is 2.25. The number of hydrogen-bond acceptors (Lipinski definition) is 4. The number of benzene rings is 2. The highest BCUT2D eigenvalue weighted by molar-refractivity contribution is 6.06. The molecule has 1 amide bonds. The minimum Gasteiger partial charge on any atom is -0.369 e. The average molecular weight is 371 g/mol. The zero-order chi connectivity index (χ0) is 19.5. The topological polar surface area (TPSA) is 77.0 Å². The van der Waals surface area contributed by atoms with Crippen LogP contribution >= 0.6 is 0 Å². The minimum absolute atomic E-state index is 0.0671. The summed E-state index contributed by atoms with van der Waals surface area (Å²) in [4.78, 5) is 23.1. The lowest BCUT2D eigenvalue weighted by molar-refractivity contribution is 0.0993. The summed E-state index contributed by atoms with van der Waals surface area (Å²) >= 11 is 0. The van der Waals surface area contributed by atoms with Crippen molar-refractivity contribution in [1.29, 1.82) is 0 Å². The van der Waals surface area contributed by atoms with Gasteiger partial charge < -0.3 is 15.2 Å². The van der Waals surface area contributed by atoms with Crippen LogP contribution in [0.15, 0.2) is 72.9 Å². The molecule has 0 bridgehead atoms. The summed E-state index contributed by atoms with van der Waals surface area (Å²) in [6.45, 7) is 0.692. The van der Waals surface area contributed by atoms with Gasteiger partial charge in [-0.1, -0.05) is 24.3 Å². The third kappa shape index (κ3) is 3.44. The summed E-state index contributed by atoms with van der Waals surface area (Å²) in [5, 5.41) is 0. The van der Waals surface area contributed by atoms with Gasteiger partial charge in [-0.2, -0.15) is 0 Å². The Hall–Kier alpha value is -3.67. The number of pyridine rings is 1. The highest BCUT2D eigenvalue weighted by Gasteiger charge is 2.15. The van der Waals surface area contributed by atoms with E-state index in [0.717, 1.165) is 28.8 Å². The van der Waals surface area contributed by atoms with Gasteiger partial charge in [-0.15, -0.1) is 0 Å². The molecular weight excluding hydrogens is 350 g/mol. The second kappa shape index (κ2) is 7.52. The summed E-state index contributed by atoms with van der Waals surface area (Å²) in [5.74, 6) is 0.391. The van der Waals surface area contributed by atoms with Gasteiger partial charge in [0.25, 0.3) is 5.91 Å². The van der Waals surface area contributed by atoms with E-state index in [1.54, 1.807) is 18.1 Å². The molecule has 0 fully saturated rings. The lowest BCUT2D eigenvalue weighted by Gasteiger charge is -2.17. The number of nitrogens with zero attached hydrogens (tertiary/aromatic N) is 4. The molecule has 0 aliphatic heterocycles. The molecule has 2 N–H and O–H groups in total. The van der Waals surface area contributed by atoms with E-state index in [4.69, 9.17) is 5.73 Å². The van der Waals surface area contributed by atoms with Crippen molar-refractivity contribution in [3.05, 3.63) is 84.2 Å². The number of rotatable bonds is 5. The van der Waals surface area contributed by atoms with Crippen molar-refractivity contribution in [2.45, 2.75) is 13.0 Å². The Balaban J connectivity index is 1.59. The van der Waals surface area contributed by atoms with Gasteiger partial charge in [0.05, 0.1) is 11.0 Å². The van der Waals surface area contributed by atoms with Crippen LogP contribution < -0.4 is 10.6 Å². The molecule has 0 unspecified atom stereocenters. The standard InChI is InChI=1S/C22H21N5O/c1-26(21(28)16-7-3-2-4-8-16)18-10-11-20-19(15-18)25-22(23)27(20)14-12-17-9-5-6-13-24-17/h2-11,13,15H,12,14H2,1H3,(H2,23,25). The molecule has 28 heavy (non-hydrogen) atoms. The van der Waals surface area contributed by atoms with Crippen LogP contribution in [0.4, 0.5) is 11.6 Å². The first-order chi connectivity index (χ1) is 13.6. The van der Waals surface area contributed by atoms with Crippen molar-refractivity contribution in [1.82, 2.24) is 14.5 Å². The van der Waals surface area contributed by atoms with Crippen LogP contribution in [0.25, 0.3) is 11.0 Å². The summed E-state index contributed by atoms with van der Waals surface area (Å²) < 4.78 is 1.98. The number of aromatic nitrogens is 3. The van der Waals surface area contributed by atoms with Crippen molar-refractivity contribution in [2.24, 2.45) is 0 Å². The molecule has 0 radical (unpaired) electrons. The lowest BCUT2D eigenvalue weighted by atomic mass is 10.2. The molecule has 4 aromatic rings. The second-order valence-corrected chi connectivity index (χ2v) is 6.60. The number of anilines is 2. The fraction of sp³-hybridized carbons (Fsp3) is 0.136. The van der Waals surface area contributed by atoms with E-state index in [9.17, 15) is 4.79 Å². The highest BCUT2D eigenvalue weighted by atomic mass is 16.2. The SMILES string of the molecule is CN(C(=O)c1ccccc1)c1ccc2c(c1)nc(N)n2CCc1ccccn1. The third-order valence-corrected chi connectivity index (χ3v) is 4.79. The maximum atomic E-state index is 12.7. The van der Waals surface area contributed by atoms with E-state index >= 15 is 0 Å². The number of amides is 1. The molecule has 140 valence electrons. The Morgan fingerprint density at radius 1 is 1.07 bits per heavy atom. The van der Waals surface area contributed by atoms with Crippen LogP contribution in [0.2, 0.25) is 0 Å². The van der Waals surface area contributed by atoms with Crippen LogP contribution in [0, 0.1) is 0 Å². The maximum Gasteiger partial charge on any atom is 0.258 e. The van der Waals surface area contributed by atoms with E-state index in [1.165, 1.54) is 0 Å². The van der Waals surface area contributed by atoms with Crippen molar-refractivity contribution in [3.63, 3.8) is 0 Å². The van der Waals surface area contributed by atoms with Crippen molar-refractivity contribution in [2.75, 3.05) is 17.7 Å². The summed E-state index contributed by atoms with van der Waals surface area (Å²) in [5.41, 5.74) is 10.3. The zero-order valence-corrected chi connectivity index (χ0v) is 15.6. The number of nitrogens with two attached hydrogens (primary N) is 1. The van der Waals surface area contributed by atoms with Gasteiger partial charge in [0.15, 0.2) is 0 Å². The van der Waals surface area contributed by atoms with Crippen molar-refractivity contribution in [3.8, 4) is 0 Å². The van der Waals surface area contributed by atoms with Crippen LogP contribution in [0.1, 0.15) is 16.1 Å². The molecule has 0 atom stereocenters. The van der Waals surface area contributed by atoms with Gasteiger partial charge in [0.2, 0.25) is 5.95 Å². The Morgan fingerprint density at radius 3 is 2.61 bits per heavy atom. The predicted octanol–water partition coefficient (Wildman–Crippen LogP) is 3.53. The smallest absolute Gasteiger partial charge is 0.258 e. The summed E-state index contributed by atoms with van der Waals surface area (Å²) in [6.07, 6.45) is 2.56. The Kier molecular flexibility index (Phi) is 4.76. The first-order valence-corrected chi connectivity index (χ1v) is 9.12. The number of nitrogen functional groups attached to an aromatic ring is 1. The van der Waals surface area contributed by atoms with E-state index in [1.807, 2.05) is 71.3 Å². The van der Waals surface area contributed by atoms with Crippen molar-refractivity contribution >= 4 is 28.6 Å². The number of fused-ring (bicyclic) bond motifs is 1. The normalized spacial score (nSPS) is 10.9. The van der Waals surface area contributed by atoms with E-state index in [0.29, 0.717) is 18.1 Å². The average Bonchev–Trinajstić information content (AvgIpc) is 3.06. The number of imidazole rings is 1.